The lowest BCUT2D eigenvalue weighted by molar-refractivity contribution is 0.189. The number of benzene rings is 1. The van der Waals surface area contributed by atoms with Gasteiger partial charge in [-0.15, -0.1) is 0 Å². The lowest BCUT2D eigenvalue weighted by atomic mass is 9.97. The largest absolute Gasteiger partial charge is 0.339 e. The third-order valence-electron chi connectivity index (χ3n) is 4.78. The molecule has 1 atom stereocenters. The number of hydrogen-bond acceptors (Lipinski definition) is 5. The predicted octanol–water partition coefficient (Wildman–Crippen LogP) is 3.55. The molecule has 0 aliphatic carbocycles. The van der Waals surface area contributed by atoms with Crippen LogP contribution >= 0.6 is 0 Å². The van der Waals surface area contributed by atoms with E-state index in [9.17, 15) is 0 Å². The highest BCUT2D eigenvalue weighted by Crippen LogP contribution is 2.27. The number of aromatic nitrogens is 3. The molecule has 5 nitrogen and oxygen atoms in total. The zero-order chi connectivity index (χ0) is 16.9. The van der Waals surface area contributed by atoms with Gasteiger partial charge in [0, 0.05) is 31.0 Å². The second-order valence-corrected chi connectivity index (χ2v) is 6.57. The van der Waals surface area contributed by atoms with E-state index in [4.69, 9.17) is 4.52 Å². The van der Waals surface area contributed by atoms with Crippen molar-refractivity contribution >= 4 is 0 Å². The van der Waals surface area contributed by atoms with Crippen LogP contribution in [-0.2, 0) is 6.42 Å². The number of nitrogens with zero attached hydrogens (tertiary/aromatic N) is 4. The highest BCUT2D eigenvalue weighted by atomic mass is 16.5. The number of rotatable bonds is 5. The molecule has 1 fully saturated rings. The van der Waals surface area contributed by atoms with E-state index in [-0.39, 0.29) is 0 Å². The Morgan fingerprint density at radius 2 is 2.04 bits per heavy atom. The molecule has 0 saturated carbocycles. The second kappa shape index (κ2) is 7.57. The summed E-state index contributed by atoms with van der Waals surface area (Å²) in [7, 11) is 0. The van der Waals surface area contributed by atoms with Crippen LogP contribution in [0.2, 0.25) is 0 Å². The highest BCUT2D eigenvalue weighted by molar-refractivity contribution is 5.51. The van der Waals surface area contributed by atoms with Crippen LogP contribution in [-0.4, -0.2) is 39.7 Å². The molecule has 4 rings (SSSR count). The van der Waals surface area contributed by atoms with Crippen LogP contribution in [0.5, 0.6) is 0 Å². The molecule has 0 unspecified atom stereocenters. The van der Waals surface area contributed by atoms with E-state index in [0.29, 0.717) is 11.7 Å². The fraction of sp³-hybridized carbons (Fsp3) is 0.350. The Morgan fingerprint density at radius 3 is 2.88 bits per heavy atom. The van der Waals surface area contributed by atoms with Gasteiger partial charge >= 0.3 is 0 Å². The predicted molar refractivity (Wildman–Crippen MR) is 96.1 cm³/mol. The highest BCUT2D eigenvalue weighted by Gasteiger charge is 2.26. The van der Waals surface area contributed by atoms with E-state index in [1.165, 1.54) is 12.0 Å². The molecule has 2 aromatic heterocycles. The minimum absolute atomic E-state index is 0.322. The Labute approximate surface area is 147 Å². The molecule has 5 heteroatoms. The maximum atomic E-state index is 5.55. The van der Waals surface area contributed by atoms with Gasteiger partial charge in [0.1, 0.15) is 0 Å². The molecule has 128 valence electrons. The van der Waals surface area contributed by atoms with Crippen molar-refractivity contribution in [2.75, 3.05) is 19.6 Å². The van der Waals surface area contributed by atoms with Gasteiger partial charge in [0.05, 0.1) is 5.92 Å². The van der Waals surface area contributed by atoms with Gasteiger partial charge in [-0.3, -0.25) is 4.98 Å². The van der Waals surface area contributed by atoms with E-state index in [0.717, 1.165) is 43.9 Å². The lowest BCUT2D eigenvalue weighted by Gasteiger charge is -2.30. The monoisotopic (exact) mass is 334 g/mol. The van der Waals surface area contributed by atoms with Crippen molar-refractivity contribution in [2.24, 2.45) is 0 Å². The van der Waals surface area contributed by atoms with Crippen molar-refractivity contribution < 1.29 is 4.52 Å². The summed E-state index contributed by atoms with van der Waals surface area (Å²) in [5, 5.41) is 4.14. The third kappa shape index (κ3) is 3.94. The summed E-state index contributed by atoms with van der Waals surface area (Å²) >= 11 is 0. The molecule has 0 spiro atoms. The number of hydrogen-bond donors (Lipinski definition) is 0. The third-order valence-corrected chi connectivity index (χ3v) is 4.78. The minimum Gasteiger partial charge on any atom is -0.339 e. The van der Waals surface area contributed by atoms with Gasteiger partial charge in [-0.2, -0.15) is 4.98 Å². The molecular weight excluding hydrogens is 312 g/mol. The van der Waals surface area contributed by atoms with Crippen LogP contribution in [0.4, 0.5) is 0 Å². The van der Waals surface area contributed by atoms with Gasteiger partial charge < -0.3 is 9.42 Å². The molecule has 0 radical (unpaired) electrons. The molecule has 1 aliphatic heterocycles. The summed E-state index contributed by atoms with van der Waals surface area (Å²) in [4.78, 5) is 11.2. The quantitative estimate of drug-likeness (QED) is 0.714. The van der Waals surface area contributed by atoms with Gasteiger partial charge in [-0.05, 0) is 43.5 Å². The van der Waals surface area contributed by atoms with Gasteiger partial charge in [0.15, 0.2) is 0 Å². The Hall–Kier alpha value is -2.53. The molecule has 0 N–H and O–H groups in total. The molecule has 3 aromatic rings. The van der Waals surface area contributed by atoms with E-state index >= 15 is 0 Å². The van der Waals surface area contributed by atoms with Crippen LogP contribution in [0, 0.1) is 0 Å². The summed E-state index contributed by atoms with van der Waals surface area (Å²) in [6.45, 7) is 3.21. The van der Waals surface area contributed by atoms with Crippen LogP contribution in [0.3, 0.4) is 0 Å². The zero-order valence-electron chi connectivity index (χ0n) is 14.2. The Kier molecular flexibility index (Phi) is 4.84. The molecular formula is C20H22N4O. The second-order valence-electron chi connectivity index (χ2n) is 6.57. The minimum atomic E-state index is 0.322. The number of likely N-dealkylation sites (tertiary alicyclic amines) is 1. The number of piperidine rings is 1. The number of pyridine rings is 1. The molecule has 0 bridgehead atoms. The topological polar surface area (TPSA) is 55.1 Å². The van der Waals surface area contributed by atoms with Crippen molar-refractivity contribution in [3.05, 3.63) is 66.3 Å². The van der Waals surface area contributed by atoms with Crippen molar-refractivity contribution in [3.8, 4) is 11.4 Å². The smallest absolute Gasteiger partial charge is 0.231 e. The van der Waals surface area contributed by atoms with Crippen molar-refractivity contribution in [1.82, 2.24) is 20.0 Å². The van der Waals surface area contributed by atoms with Crippen LogP contribution < -0.4 is 0 Å². The SMILES string of the molecule is c1ccc(CCN2CCC[C@@H](c3nc(-c4cccnc4)no3)C2)cc1. The van der Waals surface area contributed by atoms with Crippen molar-refractivity contribution in [2.45, 2.75) is 25.2 Å². The molecule has 1 aliphatic rings. The van der Waals surface area contributed by atoms with Gasteiger partial charge in [0.25, 0.3) is 0 Å². The van der Waals surface area contributed by atoms with E-state index in [1.807, 2.05) is 12.1 Å². The average molecular weight is 334 g/mol. The lowest BCUT2D eigenvalue weighted by Crippen LogP contribution is -2.35. The molecule has 1 saturated heterocycles. The first kappa shape index (κ1) is 16.0. The first-order valence-corrected chi connectivity index (χ1v) is 8.89. The molecule has 25 heavy (non-hydrogen) atoms. The van der Waals surface area contributed by atoms with Gasteiger partial charge in [0.2, 0.25) is 11.7 Å². The summed E-state index contributed by atoms with van der Waals surface area (Å²) < 4.78 is 5.55. The summed E-state index contributed by atoms with van der Waals surface area (Å²) in [5.74, 6) is 1.70. The van der Waals surface area contributed by atoms with E-state index in [1.54, 1.807) is 12.4 Å². The fourth-order valence-electron chi connectivity index (χ4n) is 3.41. The standard InChI is InChI=1S/C20H22N4O/c1-2-6-16(7-3-1)10-13-24-12-5-9-18(15-24)20-22-19(23-25-20)17-8-4-11-21-14-17/h1-4,6-8,11,14,18H,5,9-10,12-13,15H2/t18-/m1/s1. The van der Waals surface area contributed by atoms with Gasteiger partial charge in [-0.1, -0.05) is 35.5 Å². The average Bonchev–Trinajstić information content (AvgIpc) is 3.18. The Bertz CT molecular complexity index is 788. The first-order chi connectivity index (χ1) is 12.4. The summed E-state index contributed by atoms with van der Waals surface area (Å²) in [6.07, 6.45) is 6.87. The molecule has 0 amide bonds. The van der Waals surface area contributed by atoms with Crippen LogP contribution in [0.1, 0.15) is 30.2 Å². The van der Waals surface area contributed by atoms with Crippen LogP contribution in [0.15, 0.2) is 59.4 Å². The maximum Gasteiger partial charge on any atom is 0.231 e. The molecule has 3 heterocycles. The van der Waals surface area contributed by atoms with E-state index in [2.05, 4.69) is 50.4 Å². The molecule has 1 aromatic carbocycles. The zero-order valence-corrected chi connectivity index (χ0v) is 14.2. The van der Waals surface area contributed by atoms with Crippen LogP contribution in [0.25, 0.3) is 11.4 Å². The first-order valence-electron chi connectivity index (χ1n) is 8.89. The normalized spacial score (nSPS) is 18.3. The Balaban J connectivity index is 1.39. The summed E-state index contributed by atoms with van der Waals surface area (Å²) in [6, 6.07) is 14.5. The van der Waals surface area contributed by atoms with Gasteiger partial charge in [-0.25, -0.2) is 0 Å². The Morgan fingerprint density at radius 1 is 1.12 bits per heavy atom. The maximum absolute atomic E-state index is 5.55. The summed E-state index contributed by atoms with van der Waals surface area (Å²) in [5.41, 5.74) is 2.29. The fourth-order valence-corrected chi connectivity index (χ4v) is 3.41. The van der Waals surface area contributed by atoms with Crippen molar-refractivity contribution in [1.29, 1.82) is 0 Å². The van der Waals surface area contributed by atoms with Crippen molar-refractivity contribution in [3.63, 3.8) is 0 Å². The van der Waals surface area contributed by atoms with E-state index < -0.39 is 0 Å².